The normalized spacial score (nSPS) is 20.5. The molecule has 1 aromatic heterocycles. The Morgan fingerprint density at radius 2 is 2.13 bits per heavy atom. The van der Waals surface area contributed by atoms with Gasteiger partial charge in [0.25, 0.3) is 0 Å². The first kappa shape index (κ1) is 20.9. The maximum atomic E-state index is 12.5. The summed E-state index contributed by atoms with van der Waals surface area (Å²) >= 11 is 0. The number of aryl methyl sites for hydroxylation is 1. The molecule has 162 valence electrons. The van der Waals surface area contributed by atoms with E-state index in [4.69, 9.17) is 9.47 Å². The number of carbonyl (C=O) groups excluding carboxylic acids is 1. The molecule has 4 rings (SSSR count). The molecule has 1 saturated heterocycles. The number of amides is 1. The number of para-hydroxylation sites is 1. The van der Waals surface area contributed by atoms with E-state index in [1.807, 2.05) is 36.1 Å². The molecule has 1 N–H and O–H groups in total. The SMILES string of the molecule is COCCNC(=O)CC1CC2(CCN(Cc3cnn(C)c3)CC2)Oc2ccccc21. The molecule has 2 aromatic rings. The maximum absolute atomic E-state index is 12.5. The smallest absolute Gasteiger partial charge is 0.220 e. The summed E-state index contributed by atoms with van der Waals surface area (Å²) in [6.45, 7) is 3.99. The van der Waals surface area contributed by atoms with E-state index >= 15 is 0 Å². The van der Waals surface area contributed by atoms with E-state index in [0.717, 1.165) is 50.2 Å². The summed E-state index contributed by atoms with van der Waals surface area (Å²) in [7, 11) is 3.60. The van der Waals surface area contributed by atoms with Gasteiger partial charge in [-0.3, -0.25) is 14.4 Å². The molecule has 0 radical (unpaired) electrons. The zero-order chi connectivity index (χ0) is 21.0. The second-order valence-corrected chi connectivity index (χ2v) is 8.57. The lowest BCUT2D eigenvalue weighted by Crippen LogP contribution is -2.50. The number of likely N-dealkylation sites (tertiary alicyclic amines) is 1. The second-order valence-electron chi connectivity index (χ2n) is 8.57. The van der Waals surface area contributed by atoms with Gasteiger partial charge in [0.2, 0.25) is 5.91 Å². The van der Waals surface area contributed by atoms with Crippen LogP contribution in [0, 0.1) is 0 Å². The van der Waals surface area contributed by atoms with Gasteiger partial charge in [0.05, 0.1) is 12.8 Å². The molecule has 1 unspecified atom stereocenters. The lowest BCUT2D eigenvalue weighted by atomic mass is 9.76. The predicted molar refractivity (Wildman–Crippen MR) is 114 cm³/mol. The highest BCUT2D eigenvalue weighted by atomic mass is 16.5. The van der Waals surface area contributed by atoms with E-state index in [1.165, 1.54) is 5.56 Å². The third-order valence-corrected chi connectivity index (χ3v) is 6.30. The van der Waals surface area contributed by atoms with Crippen LogP contribution in [0.3, 0.4) is 0 Å². The van der Waals surface area contributed by atoms with Crippen LogP contribution in [0.5, 0.6) is 5.75 Å². The first-order valence-electron chi connectivity index (χ1n) is 10.8. The highest BCUT2D eigenvalue weighted by Crippen LogP contribution is 2.46. The van der Waals surface area contributed by atoms with Gasteiger partial charge in [0, 0.05) is 64.4 Å². The van der Waals surface area contributed by atoms with Crippen molar-refractivity contribution >= 4 is 5.91 Å². The number of piperidine rings is 1. The van der Waals surface area contributed by atoms with Crippen LogP contribution >= 0.6 is 0 Å². The van der Waals surface area contributed by atoms with Crippen LogP contribution in [-0.2, 0) is 23.1 Å². The van der Waals surface area contributed by atoms with E-state index in [0.29, 0.717) is 19.6 Å². The van der Waals surface area contributed by atoms with Crippen molar-refractivity contribution in [3.8, 4) is 5.75 Å². The standard InChI is InChI=1S/C23H32N4O3/c1-26-16-18(15-25-26)17-27-10-7-23(8-11-27)14-19(13-22(28)24-9-12-29-2)20-5-3-4-6-21(20)30-23/h3-6,15-16,19H,7-14,17H2,1-2H3,(H,24,28). The number of aromatic nitrogens is 2. The van der Waals surface area contributed by atoms with E-state index in [1.54, 1.807) is 7.11 Å². The average molecular weight is 413 g/mol. The van der Waals surface area contributed by atoms with Gasteiger partial charge in [0.1, 0.15) is 11.4 Å². The van der Waals surface area contributed by atoms with Gasteiger partial charge in [-0.05, 0) is 30.9 Å². The van der Waals surface area contributed by atoms with Crippen LogP contribution in [0.15, 0.2) is 36.7 Å². The molecule has 0 aliphatic carbocycles. The summed E-state index contributed by atoms with van der Waals surface area (Å²) < 4.78 is 13.5. The van der Waals surface area contributed by atoms with Crippen molar-refractivity contribution in [3.05, 3.63) is 47.8 Å². The van der Waals surface area contributed by atoms with Crippen molar-refractivity contribution in [2.45, 2.75) is 43.7 Å². The molecule has 2 aliphatic rings. The van der Waals surface area contributed by atoms with Gasteiger partial charge < -0.3 is 14.8 Å². The maximum Gasteiger partial charge on any atom is 0.220 e. The van der Waals surface area contributed by atoms with Crippen molar-refractivity contribution in [2.24, 2.45) is 7.05 Å². The Morgan fingerprint density at radius 1 is 1.33 bits per heavy atom. The Labute approximate surface area is 178 Å². The minimum Gasteiger partial charge on any atom is -0.487 e. The highest BCUT2D eigenvalue weighted by Gasteiger charge is 2.43. The van der Waals surface area contributed by atoms with E-state index in [-0.39, 0.29) is 17.4 Å². The van der Waals surface area contributed by atoms with E-state index in [2.05, 4.69) is 27.6 Å². The van der Waals surface area contributed by atoms with Gasteiger partial charge in [-0.2, -0.15) is 5.10 Å². The Balaban J connectivity index is 1.41. The molecule has 0 bridgehead atoms. The Bertz CT molecular complexity index is 858. The lowest BCUT2D eigenvalue weighted by molar-refractivity contribution is -0.122. The number of benzene rings is 1. The van der Waals surface area contributed by atoms with Crippen LogP contribution < -0.4 is 10.1 Å². The number of methoxy groups -OCH3 is 1. The fourth-order valence-electron chi connectivity index (χ4n) is 4.75. The molecule has 1 amide bonds. The van der Waals surface area contributed by atoms with Gasteiger partial charge in [-0.1, -0.05) is 18.2 Å². The number of rotatable bonds is 7. The number of hydrogen-bond donors (Lipinski definition) is 1. The van der Waals surface area contributed by atoms with Gasteiger partial charge >= 0.3 is 0 Å². The molecule has 3 heterocycles. The fraction of sp³-hybridized carbons (Fsp3) is 0.565. The van der Waals surface area contributed by atoms with Crippen LogP contribution in [0.25, 0.3) is 0 Å². The molecule has 1 atom stereocenters. The zero-order valence-corrected chi connectivity index (χ0v) is 18.0. The van der Waals surface area contributed by atoms with Gasteiger partial charge in [-0.25, -0.2) is 0 Å². The summed E-state index contributed by atoms with van der Waals surface area (Å²) in [5.74, 6) is 1.21. The molecule has 7 nitrogen and oxygen atoms in total. The van der Waals surface area contributed by atoms with Crippen molar-refractivity contribution in [1.82, 2.24) is 20.0 Å². The Morgan fingerprint density at radius 3 is 2.87 bits per heavy atom. The monoisotopic (exact) mass is 412 g/mol. The number of carbonyl (C=O) groups is 1. The summed E-state index contributed by atoms with van der Waals surface area (Å²) in [4.78, 5) is 15.0. The van der Waals surface area contributed by atoms with Crippen molar-refractivity contribution in [1.29, 1.82) is 0 Å². The van der Waals surface area contributed by atoms with E-state index in [9.17, 15) is 4.79 Å². The number of nitrogens with one attached hydrogen (secondary N) is 1. The van der Waals surface area contributed by atoms with Crippen molar-refractivity contribution in [3.63, 3.8) is 0 Å². The van der Waals surface area contributed by atoms with Gasteiger partial charge in [0.15, 0.2) is 0 Å². The minimum atomic E-state index is -0.183. The average Bonchev–Trinajstić information content (AvgIpc) is 3.15. The van der Waals surface area contributed by atoms with Crippen LogP contribution in [0.4, 0.5) is 0 Å². The number of nitrogens with zero attached hydrogens (tertiary/aromatic N) is 3. The van der Waals surface area contributed by atoms with Crippen molar-refractivity contribution < 1.29 is 14.3 Å². The largest absolute Gasteiger partial charge is 0.487 e. The number of fused-ring (bicyclic) bond motifs is 1. The Hall–Kier alpha value is -2.38. The van der Waals surface area contributed by atoms with E-state index < -0.39 is 0 Å². The molecule has 1 aromatic carbocycles. The van der Waals surface area contributed by atoms with Crippen molar-refractivity contribution in [2.75, 3.05) is 33.4 Å². The number of ether oxygens (including phenoxy) is 2. The summed E-state index contributed by atoms with van der Waals surface area (Å²) in [6, 6.07) is 8.21. The fourth-order valence-corrected chi connectivity index (χ4v) is 4.75. The molecular weight excluding hydrogens is 380 g/mol. The predicted octanol–water partition coefficient (Wildman–Crippen LogP) is 2.47. The summed E-state index contributed by atoms with van der Waals surface area (Å²) in [6.07, 6.45) is 7.35. The molecule has 30 heavy (non-hydrogen) atoms. The number of hydrogen-bond acceptors (Lipinski definition) is 5. The van der Waals surface area contributed by atoms with Crippen LogP contribution in [0.1, 0.15) is 42.7 Å². The van der Waals surface area contributed by atoms with Crippen LogP contribution in [0.2, 0.25) is 0 Å². The minimum absolute atomic E-state index is 0.0814. The molecule has 7 heteroatoms. The third-order valence-electron chi connectivity index (χ3n) is 6.30. The second kappa shape index (κ2) is 9.18. The molecule has 0 saturated carbocycles. The highest BCUT2D eigenvalue weighted by molar-refractivity contribution is 5.77. The molecule has 1 fully saturated rings. The zero-order valence-electron chi connectivity index (χ0n) is 18.0. The molecular formula is C23H32N4O3. The first-order chi connectivity index (χ1) is 14.6. The molecule has 2 aliphatic heterocycles. The lowest BCUT2D eigenvalue weighted by Gasteiger charge is -2.47. The summed E-state index contributed by atoms with van der Waals surface area (Å²) in [5.41, 5.74) is 2.22. The third kappa shape index (κ3) is 4.84. The molecule has 1 spiro atoms. The van der Waals surface area contributed by atoms with Crippen LogP contribution in [-0.4, -0.2) is 59.5 Å². The Kier molecular flexibility index (Phi) is 6.39. The summed E-state index contributed by atoms with van der Waals surface area (Å²) in [5, 5.41) is 7.24. The van der Waals surface area contributed by atoms with Gasteiger partial charge in [-0.15, -0.1) is 0 Å². The first-order valence-corrected chi connectivity index (χ1v) is 10.8. The topological polar surface area (TPSA) is 68.6 Å². The quantitative estimate of drug-likeness (QED) is 0.708.